The van der Waals surface area contributed by atoms with Gasteiger partial charge in [0.25, 0.3) is 0 Å². The largest absolute Gasteiger partial charge is 0.378 e. The fraction of sp³-hybridized carbons (Fsp3) is 0.923. The molecule has 15 heavy (non-hydrogen) atoms. The predicted molar refractivity (Wildman–Crippen MR) is 61.9 cm³/mol. The molecule has 1 fully saturated rings. The summed E-state index contributed by atoms with van der Waals surface area (Å²) in [5.74, 6) is 0.902. The lowest BCUT2D eigenvalue weighted by Crippen LogP contribution is -2.27. The zero-order chi connectivity index (χ0) is 11.1. The Kier molecular flexibility index (Phi) is 5.92. The van der Waals surface area contributed by atoms with E-state index in [-0.39, 0.29) is 6.10 Å². The van der Waals surface area contributed by atoms with Gasteiger partial charge in [-0.1, -0.05) is 33.1 Å². The molecule has 2 nitrogen and oxygen atoms in total. The summed E-state index contributed by atoms with van der Waals surface area (Å²) in [5, 5.41) is 0. The van der Waals surface area contributed by atoms with Gasteiger partial charge in [0.05, 0.1) is 6.10 Å². The Labute approximate surface area is 93.4 Å². The Morgan fingerprint density at radius 1 is 1.27 bits per heavy atom. The molecule has 0 aromatic heterocycles. The van der Waals surface area contributed by atoms with Gasteiger partial charge >= 0.3 is 0 Å². The first kappa shape index (κ1) is 12.7. The van der Waals surface area contributed by atoms with Crippen molar-refractivity contribution < 1.29 is 9.53 Å². The van der Waals surface area contributed by atoms with E-state index in [1.54, 1.807) is 0 Å². The van der Waals surface area contributed by atoms with Crippen LogP contribution in [-0.2, 0) is 9.53 Å². The van der Waals surface area contributed by atoms with E-state index >= 15 is 0 Å². The molecular formula is C13H24O2. The number of carbonyl (C=O) groups excluding carboxylic acids is 1. The van der Waals surface area contributed by atoms with Crippen LogP contribution in [0.15, 0.2) is 0 Å². The van der Waals surface area contributed by atoms with E-state index in [4.69, 9.17) is 4.74 Å². The van der Waals surface area contributed by atoms with Crippen molar-refractivity contribution in [2.45, 2.75) is 64.9 Å². The number of unbranched alkanes of at least 4 members (excludes halogenated alkanes) is 3. The van der Waals surface area contributed by atoms with E-state index in [9.17, 15) is 4.79 Å². The molecule has 0 heterocycles. The van der Waals surface area contributed by atoms with Crippen LogP contribution in [0.3, 0.4) is 0 Å². The quantitative estimate of drug-likeness (QED) is 0.631. The molecule has 0 aromatic rings. The highest BCUT2D eigenvalue weighted by atomic mass is 16.5. The molecule has 2 atom stereocenters. The maximum absolute atomic E-state index is 11.3. The maximum atomic E-state index is 11.3. The van der Waals surface area contributed by atoms with Gasteiger partial charge in [-0.15, -0.1) is 0 Å². The average Bonchev–Trinajstić information content (AvgIpc) is 2.16. The van der Waals surface area contributed by atoms with E-state index in [0.29, 0.717) is 18.1 Å². The van der Waals surface area contributed by atoms with Gasteiger partial charge in [0.15, 0.2) is 0 Å². The minimum Gasteiger partial charge on any atom is -0.378 e. The molecule has 0 aliphatic heterocycles. The minimum absolute atomic E-state index is 0.211. The lowest BCUT2D eigenvalue weighted by molar-refractivity contribution is -0.126. The van der Waals surface area contributed by atoms with Gasteiger partial charge in [0, 0.05) is 19.4 Å². The summed E-state index contributed by atoms with van der Waals surface area (Å²) in [6.45, 7) is 5.19. The van der Waals surface area contributed by atoms with Crippen LogP contribution in [0.25, 0.3) is 0 Å². The zero-order valence-electron chi connectivity index (χ0n) is 10.1. The molecule has 88 valence electrons. The van der Waals surface area contributed by atoms with Crippen molar-refractivity contribution in [1.29, 1.82) is 0 Å². The maximum Gasteiger partial charge on any atom is 0.135 e. The van der Waals surface area contributed by atoms with Crippen molar-refractivity contribution in [3.63, 3.8) is 0 Å². The van der Waals surface area contributed by atoms with Crippen LogP contribution >= 0.6 is 0 Å². The molecule has 0 saturated heterocycles. The second-order valence-electron chi connectivity index (χ2n) is 4.84. The number of carbonyl (C=O) groups is 1. The van der Waals surface area contributed by atoms with Crippen LogP contribution in [0.2, 0.25) is 0 Å². The molecule has 0 amide bonds. The summed E-state index contributed by atoms with van der Waals surface area (Å²) < 4.78 is 5.75. The molecule has 0 N–H and O–H groups in total. The number of ether oxygens (including phenoxy) is 1. The zero-order valence-corrected chi connectivity index (χ0v) is 10.1. The van der Waals surface area contributed by atoms with Gasteiger partial charge in [-0.05, 0) is 18.8 Å². The summed E-state index contributed by atoms with van der Waals surface area (Å²) in [7, 11) is 0. The Hall–Kier alpha value is -0.370. The second-order valence-corrected chi connectivity index (χ2v) is 4.84. The van der Waals surface area contributed by atoms with Gasteiger partial charge in [-0.2, -0.15) is 0 Å². The molecular weight excluding hydrogens is 188 g/mol. The molecule has 1 aliphatic carbocycles. The summed E-state index contributed by atoms with van der Waals surface area (Å²) in [6, 6.07) is 0. The third kappa shape index (κ3) is 5.31. The second kappa shape index (κ2) is 7.00. The van der Waals surface area contributed by atoms with Gasteiger partial charge < -0.3 is 4.74 Å². The van der Waals surface area contributed by atoms with E-state index < -0.39 is 0 Å². The van der Waals surface area contributed by atoms with E-state index in [2.05, 4.69) is 13.8 Å². The van der Waals surface area contributed by atoms with Crippen molar-refractivity contribution in [2.24, 2.45) is 5.92 Å². The first-order valence-corrected chi connectivity index (χ1v) is 6.35. The smallest absolute Gasteiger partial charge is 0.135 e. The molecule has 0 aromatic carbocycles. The van der Waals surface area contributed by atoms with Gasteiger partial charge in [-0.3, -0.25) is 4.79 Å². The molecule has 2 heteroatoms. The van der Waals surface area contributed by atoms with E-state index in [0.717, 1.165) is 25.9 Å². The van der Waals surface area contributed by atoms with E-state index in [1.807, 2.05) is 0 Å². The number of hydrogen-bond donors (Lipinski definition) is 0. The Balaban J connectivity index is 2.07. The van der Waals surface area contributed by atoms with E-state index in [1.165, 1.54) is 19.3 Å². The van der Waals surface area contributed by atoms with Gasteiger partial charge in [0.1, 0.15) is 5.78 Å². The molecule has 0 spiro atoms. The van der Waals surface area contributed by atoms with Gasteiger partial charge in [-0.25, -0.2) is 0 Å². The van der Waals surface area contributed by atoms with Crippen molar-refractivity contribution in [3.05, 3.63) is 0 Å². The monoisotopic (exact) mass is 212 g/mol. The lowest BCUT2D eigenvalue weighted by atomic mass is 9.88. The van der Waals surface area contributed by atoms with Crippen LogP contribution in [0, 0.1) is 5.92 Å². The molecule has 1 rings (SSSR count). The SMILES string of the molecule is CCCCCCOC1CC(=O)CC(C)C1. The Morgan fingerprint density at radius 2 is 2.07 bits per heavy atom. The first-order chi connectivity index (χ1) is 7.22. The highest BCUT2D eigenvalue weighted by Crippen LogP contribution is 2.23. The van der Waals surface area contributed by atoms with Gasteiger partial charge in [0.2, 0.25) is 0 Å². The number of ketones is 1. The lowest BCUT2D eigenvalue weighted by Gasteiger charge is -2.25. The van der Waals surface area contributed by atoms with Crippen LogP contribution in [0.5, 0.6) is 0 Å². The third-order valence-electron chi connectivity index (χ3n) is 3.05. The average molecular weight is 212 g/mol. The molecule has 2 unspecified atom stereocenters. The normalized spacial score (nSPS) is 26.9. The number of Topliss-reactive ketones (excluding diaryl/α,β-unsaturated/α-hetero) is 1. The number of rotatable bonds is 6. The topological polar surface area (TPSA) is 26.3 Å². The standard InChI is InChI=1S/C13H24O2/c1-3-4-5-6-7-15-13-9-11(2)8-12(14)10-13/h11,13H,3-10H2,1-2H3. The number of hydrogen-bond acceptors (Lipinski definition) is 2. The fourth-order valence-corrected chi connectivity index (χ4v) is 2.25. The molecule has 1 saturated carbocycles. The summed E-state index contributed by atoms with van der Waals surface area (Å²) in [4.78, 5) is 11.3. The van der Waals surface area contributed by atoms with Crippen LogP contribution in [-0.4, -0.2) is 18.5 Å². The predicted octanol–water partition coefficient (Wildman–Crippen LogP) is 3.34. The Morgan fingerprint density at radius 3 is 2.73 bits per heavy atom. The van der Waals surface area contributed by atoms with Crippen molar-refractivity contribution >= 4 is 5.78 Å². The van der Waals surface area contributed by atoms with Crippen LogP contribution in [0.1, 0.15) is 58.8 Å². The highest BCUT2D eigenvalue weighted by Gasteiger charge is 2.24. The van der Waals surface area contributed by atoms with Crippen LogP contribution in [0.4, 0.5) is 0 Å². The van der Waals surface area contributed by atoms with Crippen molar-refractivity contribution in [2.75, 3.05) is 6.61 Å². The Bertz CT molecular complexity index is 189. The third-order valence-corrected chi connectivity index (χ3v) is 3.05. The highest BCUT2D eigenvalue weighted by molar-refractivity contribution is 5.79. The summed E-state index contributed by atoms with van der Waals surface area (Å²) in [5.41, 5.74) is 0. The summed E-state index contributed by atoms with van der Waals surface area (Å²) >= 11 is 0. The molecule has 0 radical (unpaired) electrons. The molecule has 1 aliphatic rings. The van der Waals surface area contributed by atoms with Crippen molar-refractivity contribution in [1.82, 2.24) is 0 Å². The minimum atomic E-state index is 0.211. The molecule has 0 bridgehead atoms. The first-order valence-electron chi connectivity index (χ1n) is 6.35. The fourth-order valence-electron chi connectivity index (χ4n) is 2.25. The van der Waals surface area contributed by atoms with Crippen LogP contribution < -0.4 is 0 Å². The summed E-state index contributed by atoms with van der Waals surface area (Å²) in [6.07, 6.45) is 7.65. The van der Waals surface area contributed by atoms with Crippen molar-refractivity contribution in [3.8, 4) is 0 Å².